The fourth-order valence-corrected chi connectivity index (χ4v) is 3.56. The third-order valence-corrected chi connectivity index (χ3v) is 5.09. The fourth-order valence-electron chi connectivity index (χ4n) is 3.56. The first-order valence-corrected chi connectivity index (χ1v) is 10.1. The quantitative estimate of drug-likeness (QED) is 0.650. The average molecular weight is 396 g/mol. The second kappa shape index (κ2) is 7.90. The fraction of sp³-hybridized carbons (Fsp3) is 0.550. The van der Waals surface area contributed by atoms with E-state index < -0.39 is 0 Å². The molecule has 0 saturated carbocycles. The molecule has 0 spiro atoms. The molecule has 0 unspecified atom stereocenters. The van der Waals surface area contributed by atoms with Crippen LogP contribution in [0.5, 0.6) is 0 Å². The van der Waals surface area contributed by atoms with Crippen molar-refractivity contribution >= 4 is 5.82 Å². The number of piperazine rings is 1. The average Bonchev–Trinajstić information content (AvgIpc) is 3.28. The van der Waals surface area contributed by atoms with E-state index in [4.69, 9.17) is 4.52 Å². The highest BCUT2D eigenvalue weighted by Gasteiger charge is 2.22. The van der Waals surface area contributed by atoms with Crippen LogP contribution in [0.1, 0.15) is 48.7 Å². The Balaban J connectivity index is 1.43. The number of hydrogen-bond acceptors (Lipinski definition) is 8. The van der Waals surface area contributed by atoms with E-state index in [-0.39, 0.29) is 5.92 Å². The molecule has 0 atom stereocenters. The zero-order valence-corrected chi connectivity index (χ0v) is 17.8. The van der Waals surface area contributed by atoms with Crippen LogP contribution in [0.2, 0.25) is 0 Å². The van der Waals surface area contributed by atoms with E-state index in [2.05, 4.69) is 54.9 Å². The summed E-state index contributed by atoms with van der Waals surface area (Å²) in [5, 5.41) is 8.61. The van der Waals surface area contributed by atoms with Gasteiger partial charge < -0.3 is 9.42 Å². The summed E-state index contributed by atoms with van der Waals surface area (Å²) in [5.41, 5.74) is 2.05. The highest BCUT2D eigenvalue weighted by Crippen LogP contribution is 2.19. The predicted octanol–water partition coefficient (Wildman–Crippen LogP) is 2.42. The van der Waals surface area contributed by atoms with Crippen molar-refractivity contribution in [2.75, 3.05) is 31.1 Å². The first-order valence-electron chi connectivity index (χ1n) is 10.1. The van der Waals surface area contributed by atoms with Gasteiger partial charge in [-0.1, -0.05) is 19.0 Å². The van der Waals surface area contributed by atoms with Gasteiger partial charge >= 0.3 is 0 Å². The van der Waals surface area contributed by atoms with Crippen molar-refractivity contribution in [3.05, 3.63) is 41.1 Å². The van der Waals surface area contributed by atoms with Crippen LogP contribution in [-0.2, 0) is 6.54 Å². The SMILES string of the molecule is Cc1cc(C)n(-c2cc(N3CCN(Cc4nc(C(C)C)no4)CC3)nc(C)n2)n1. The van der Waals surface area contributed by atoms with Crippen molar-refractivity contribution in [2.24, 2.45) is 0 Å². The Morgan fingerprint density at radius 3 is 2.31 bits per heavy atom. The van der Waals surface area contributed by atoms with Crippen LogP contribution < -0.4 is 4.90 Å². The summed E-state index contributed by atoms with van der Waals surface area (Å²) < 4.78 is 7.27. The third kappa shape index (κ3) is 4.29. The Labute approximate surface area is 170 Å². The number of aryl methyl sites for hydroxylation is 3. The molecule has 29 heavy (non-hydrogen) atoms. The van der Waals surface area contributed by atoms with Crippen molar-refractivity contribution in [3.63, 3.8) is 0 Å². The van der Waals surface area contributed by atoms with Crippen molar-refractivity contribution in [1.82, 2.24) is 34.8 Å². The standard InChI is InChI=1S/C20H28N8O/c1-13(2)20-23-19(29-25-20)12-26-6-8-27(9-7-26)17-11-18(22-16(5)21-17)28-15(4)10-14(3)24-28/h10-11,13H,6-9,12H2,1-5H3. The molecule has 9 heteroatoms. The molecule has 9 nitrogen and oxygen atoms in total. The minimum atomic E-state index is 0.279. The molecular formula is C20H28N8O. The Hall–Kier alpha value is -2.81. The molecule has 0 aliphatic carbocycles. The molecule has 4 heterocycles. The molecule has 3 aromatic heterocycles. The summed E-state index contributed by atoms with van der Waals surface area (Å²) in [6, 6.07) is 4.08. The van der Waals surface area contributed by atoms with E-state index in [1.54, 1.807) is 0 Å². The Morgan fingerprint density at radius 1 is 0.966 bits per heavy atom. The zero-order valence-electron chi connectivity index (χ0n) is 17.8. The van der Waals surface area contributed by atoms with Gasteiger partial charge in [-0.15, -0.1) is 0 Å². The largest absolute Gasteiger partial charge is 0.354 e. The monoisotopic (exact) mass is 396 g/mol. The van der Waals surface area contributed by atoms with Gasteiger partial charge in [0.25, 0.3) is 0 Å². The van der Waals surface area contributed by atoms with Crippen LogP contribution in [0.15, 0.2) is 16.7 Å². The summed E-state index contributed by atoms with van der Waals surface area (Å²) in [6.07, 6.45) is 0. The summed E-state index contributed by atoms with van der Waals surface area (Å²) in [5.74, 6) is 4.24. The highest BCUT2D eigenvalue weighted by atomic mass is 16.5. The van der Waals surface area contributed by atoms with E-state index in [1.165, 1.54) is 0 Å². The zero-order chi connectivity index (χ0) is 20.5. The van der Waals surface area contributed by atoms with Crippen LogP contribution in [0.25, 0.3) is 5.82 Å². The Morgan fingerprint density at radius 2 is 1.69 bits per heavy atom. The maximum Gasteiger partial charge on any atom is 0.240 e. The molecule has 0 N–H and O–H groups in total. The molecule has 154 valence electrons. The van der Waals surface area contributed by atoms with Crippen LogP contribution >= 0.6 is 0 Å². The van der Waals surface area contributed by atoms with E-state index in [0.29, 0.717) is 12.4 Å². The van der Waals surface area contributed by atoms with Gasteiger partial charge in [0.1, 0.15) is 11.6 Å². The van der Waals surface area contributed by atoms with E-state index in [9.17, 15) is 0 Å². The number of rotatable bonds is 5. The van der Waals surface area contributed by atoms with Crippen LogP contribution in [0, 0.1) is 20.8 Å². The Bertz CT molecular complexity index is 984. The van der Waals surface area contributed by atoms with E-state index in [0.717, 1.165) is 60.9 Å². The second-order valence-corrected chi connectivity index (χ2v) is 7.93. The van der Waals surface area contributed by atoms with E-state index in [1.807, 2.05) is 31.5 Å². The number of anilines is 1. The molecule has 1 saturated heterocycles. The van der Waals surface area contributed by atoms with Gasteiger partial charge in [0.2, 0.25) is 5.89 Å². The molecule has 0 amide bonds. The minimum Gasteiger partial charge on any atom is -0.354 e. The second-order valence-electron chi connectivity index (χ2n) is 7.93. The topological polar surface area (TPSA) is 89.0 Å². The first kappa shape index (κ1) is 19.5. The lowest BCUT2D eigenvalue weighted by molar-refractivity contribution is 0.215. The van der Waals surface area contributed by atoms with Gasteiger partial charge in [0, 0.05) is 43.9 Å². The molecule has 1 aliphatic rings. The van der Waals surface area contributed by atoms with Crippen molar-refractivity contribution in [1.29, 1.82) is 0 Å². The molecule has 0 bridgehead atoms. The highest BCUT2D eigenvalue weighted by molar-refractivity contribution is 5.45. The maximum absolute atomic E-state index is 5.39. The predicted molar refractivity (Wildman–Crippen MR) is 109 cm³/mol. The van der Waals surface area contributed by atoms with Gasteiger partial charge in [-0.05, 0) is 26.8 Å². The summed E-state index contributed by atoms with van der Waals surface area (Å²) in [6.45, 7) is 14.4. The molecule has 3 aromatic rings. The van der Waals surface area contributed by atoms with Crippen molar-refractivity contribution in [3.8, 4) is 5.82 Å². The molecule has 4 rings (SSSR count). The number of hydrogen-bond donors (Lipinski definition) is 0. The smallest absolute Gasteiger partial charge is 0.240 e. The molecule has 0 aromatic carbocycles. The number of aromatic nitrogens is 6. The van der Waals surface area contributed by atoms with Gasteiger partial charge in [-0.3, -0.25) is 4.90 Å². The lowest BCUT2D eigenvalue weighted by Gasteiger charge is -2.34. The Kier molecular flexibility index (Phi) is 5.31. The van der Waals surface area contributed by atoms with Gasteiger partial charge in [-0.2, -0.15) is 10.1 Å². The van der Waals surface area contributed by atoms with Gasteiger partial charge in [0.15, 0.2) is 11.6 Å². The van der Waals surface area contributed by atoms with E-state index >= 15 is 0 Å². The molecular weight excluding hydrogens is 368 g/mol. The van der Waals surface area contributed by atoms with Gasteiger partial charge in [0.05, 0.1) is 12.2 Å². The lowest BCUT2D eigenvalue weighted by atomic mass is 10.2. The van der Waals surface area contributed by atoms with Crippen LogP contribution in [-0.4, -0.2) is 61.0 Å². The van der Waals surface area contributed by atoms with Crippen molar-refractivity contribution in [2.45, 2.75) is 47.1 Å². The lowest BCUT2D eigenvalue weighted by Crippen LogP contribution is -2.46. The number of nitrogens with zero attached hydrogens (tertiary/aromatic N) is 8. The normalized spacial score (nSPS) is 15.4. The van der Waals surface area contributed by atoms with Crippen LogP contribution in [0.3, 0.4) is 0 Å². The molecule has 1 aliphatic heterocycles. The minimum absolute atomic E-state index is 0.279. The molecule has 1 fully saturated rings. The first-order chi connectivity index (χ1) is 13.9. The summed E-state index contributed by atoms with van der Waals surface area (Å²) >= 11 is 0. The van der Waals surface area contributed by atoms with Crippen LogP contribution in [0.4, 0.5) is 5.82 Å². The maximum atomic E-state index is 5.39. The summed E-state index contributed by atoms with van der Waals surface area (Å²) in [7, 11) is 0. The third-order valence-electron chi connectivity index (χ3n) is 5.09. The van der Waals surface area contributed by atoms with Crippen molar-refractivity contribution < 1.29 is 4.52 Å². The summed E-state index contributed by atoms with van der Waals surface area (Å²) in [4.78, 5) is 18.4. The van der Waals surface area contributed by atoms with Gasteiger partial charge in [-0.25, -0.2) is 14.6 Å². The molecule has 0 radical (unpaired) electrons.